The van der Waals surface area contributed by atoms with Gasteiger partial charge < -0.3 is 11.1 Å². The van der Waals surface area contributed by atoms with E-state index in [0.29, 0.717) is 16.8 Å². The summed E-state index contributed by atoms with van der Waals surface area (Å²) in [7, 11) is 0. The van der Waals surface area contributed by atoms with Gasteiger partial charge in [-0.3, -0.25) is 4.79 Å². The molecular formula is C9H13BrN4OS. The van der Waals surface area contributed by atoms with Crippen molar-refractivity contribution in [3.8, 4) is 0 Å². The van der Waals surface area contributed by atoms with Gasteiger partial charge in [-0.15, -0.1) is 0 Å². The fourth-order valence-electron chi connectivity index (χ4n) is 0.972. The Kier molecular flexibility index (Phi) is 5.72. The predicted molar refractivity (Wildman–Crippen MR) is 69.3 cm³/mol. The Morgan fingerprint density at radius 3 is 2.94 bits per heavy atom. The van der Waals surface area contributed by atoms with Crippen molar-refractivity contribution in [2.75, 3.05) is 17.3 Å². The van der Waals surface area contributed by atoms with Gasteiger partial charge in [0.25, 0.3) is 0 Å². The lowest BCUT2D eigenvalue weighted by Gasteiger charge is -2.10. The second-order valence-electron chi connectivity index (χ2n) is 3.10. The Labute approximate surface area is 107 Å². The van der Waals surface area contributed by atoms with E-state index in [-0.39, 0.29) is 5.91 Å². The molecule has 1 aromatic heterocycles. The van der Waals surface area contributed by atoms with Crippen molar-refractivity contribution in [1.29, 1.82) is 0 Å². The van der Waals surface area contributed by atoms with E-state index in [0.717, 1.165) is 5.75 Å². The van der Waals surface area contributed by atoms with Crippen molar-refractivity contribution < 1.29 is 4.79 Å². The van der Waals surface area contributed by atoms with Crippen LogP contribution in [-0.2, 0) is 4.79 Å². The number of rotatable bonds is 5. The molecule has 0 aliphatic rings. The third kappa shape index (κ3) is 4.46. The van der Waals surface area contributed by atoms with E-state index in [1.54, 1.807) is 11.8 Å². The van der Waals surface area contributed by atoms with E-state index in [4.69, 9.17) is 5.73 Å². The molecule has 0 fully saturated rings. The molecule has 0 saturated carbocycles. The van der Waals surface area contributed by atoms with Crippen LogP contribution in [0.15, 0.2) is 17.0 Å². The summed E-state index contributed by atoms with van der Waals surface area (Å²) in [6.07, 6.45) is 5.62. The standard InChI is InChI=1S/C9H13BrN4OS/c1-16-3-2-6(11)9(15)14-8-5-12-7(10)4-13-8/h4-6H,2-3,11H2,1H3,(H,13,14,15)/t6-/m1/s1. The highest BCUT2D eigenvalue weighted by Gasteiger charge is 2.13. The largest absolute Gasteiger partial charge is 0.320 e. The first-order chi connectivity index (χ1) is 7.63. The highest BCUT2D eigenvalue weighted by Crippen LogP contribution is 2.07. The van der Waals surface area contributed by atoms with Gasteiger partial charge in [-0.25, -0.2) is 9.97 Å². The summed E-state index contributed by atoms with van der Waals surface area (Å²) in [6.45, 7) is 0. The number of hydrogen-bond donors (Lipinski definition) is 2. The minimum atomic E-state index is -0.502. The molecule has 1 atom stereocenters. The minimum Gasteiger partial charge on any atom is -0.320 e. The van der Waals surface area contributed by atoms with Crippen molar-refractivity contribution in [1.82, 2.24) is 9.97 Å². The van der Waals surface area contributed by atoms with Gasteiger partial charge in [-0.2, -0.15) is 11.8 Å². The zero-order chi connectivity index (χ0) is 12.0. The quantitative estimate of drug-likeness (QED) is 0.856. The Hall–Kier alpha value is -0.660. The zero-order valence-electron chi connectivity index (χ0n) is 8.81. The van der Waals surface area contributed by atoms with Crippen LogP contribution in [0.2, 0.25) is 0 Å². The zero-order valence-corrected chi connectivity index (χ0v) is 11.2. The number of carbonyl (C=O) groups excluding carboxylic acids is 1. The summed E-state index contributed by atoms with van der Waals surface area (Å²) in [5.41, 5.74) is 5.70. The minimum absolute atomic E-state index is 0.231. The number of thioether (sulfide) groups is 1. The molecule has 0 saturated heterocycles. The number of halogens is 1. The maximum absolute atomic E-state index is 11.6. The Bertz CT molecular complexity index is 346. The van der Waals surface area contributed by atoms with Crippen LogP contribution in [0, 0.1) is 0 Å². The second-order valence-corrected chi connectivity index (χ2v) is 4.90. The second kappa shape index (κ2) is 6.82. The molecule has 1 aromatic rings. The first kappa shape index (κ1) is 13.4. The van der Waals surface area contributed by atoms with E-state index in [1.165, 1.54) is 12.4 Å². The van der Waals surface area contributed by atoms with Crippen molar-refractivity contribution in [3.05, 3.63) is 17.0 Å². The van der Waals surface area contributed by atoms with E-state index in [9.17, 15) is 4.79 Å². The number of nitrogens with one attached hydrogen (secondary N) is 1. The molecule has 0 aliphatic carbocycles. The molecule has 3 N–H and O–H groups in total. The first-order valence-electron chi connectivity index (χ1n) is 4.66. The fourth-order valence-corrected chi connectivity index (χ4v) is 1.67. The van der Waals surface area contributed by atoms with Crippen molar-refractivity contribution in [2.45, 2.75) is 12.5 Å². The summed E-state index contributed by atoms with van der Waals surface area (Å²) in [4.78, 5) is 19.5. The van der Waals surface area contributed by atoms with Crippen LogP contribution in [0.1, 0.15) is 6.42 Å². The monoisotopic (exact) mass is 304 g/mol. The number of nitrogens with two attached hydrogens (primary N) is 1. The van der Waals surface area contributed by atoms with E-state index >= 15 is 0 Å². The van der Waals surface area contributed by atoms with Crippen LogP contribution in [0.4, 0.5) is 5.82 Å². The summed E-state index contributed by atoms with van der Waals surface area (Å²) in [5.74, 6) is 1.04. The van der Waals surface area contributed by atoms with Crippen LogP contribution in [-0.4, -0.2) is 33.9 Å². The smallest absolute Gasteiger partial charge is 0.242 e. The Morgan fingerprint density at radius 2 is 2.38 bits per heavy atom. The average Bonchev–Trinajstić information content (AvgIpc) is 2.29. The summed E-state index contributed by atoms with van der Waals surface area (Å²) in [6, 6.07) is -0.502. The third-order valence-electron chi connectivity index (χ3n) is 1.84. The Morgan fingerprint density at radius 1 is 1.62 bits per heavy atom. The van der Waals surface area contributed by atoms with E-state index in [1.807, 2.05) is 6.26 Å². The maximum atomic E-state index is 11.6. The van der Waals surface area contributed by atoms with Crippen molar-refractivity contribution in [2.24, 2.45) is 5.73 Å². The van der Waals surface area contributed by atoms with Gasteiger partial charge in [0.1, 0.15) is 4.60 Å². The summed E-state index contributed by atoms with van der Waals surface area (Å²) < 4.78 is 0.622. The molecule has 1 rings (SSSR count). The van der Waals surface area contributed by atoms with Gasteiger partial charge >= 0.3 is 0 Å². The third-order valence-corrected chi connectivity index (χ3v) is 2.89. The number of nitrogens with zero attached hydrogens (tertiary/aromatic N) is 2. The average molecular weight is 305 g/mol. The van der Waals surface area contributed by atoms with Gasteiger partial charge in [0.2, 0.25) is 5.91 Å². The highest BCUT2D eigenvalue weighted by atomic mass is 79.9. The number of hydrogen-bond acceptors (Lipinski definition) is 5. The molecule has 16 heavy (non-hydrogen) atoms. The van der Waals surface area contributed by atoms with Crippen LogP contribution in [0.25, 0.3) is 0 Å². The molecule has 5 nitrogen and oxygen atoms in total. The van der Waals surface area contributed by atoms with Crippen LogP contribution in [0.5, 0.6) is 0 Å². The summed E-state index contributed by atoms with van der Waals surface area (Å²) >= 11 is 4.82. The molecule has 0 aliphatic heterocycles. The van der Waals surface area contributed by atoms with Crippen molar-refractivity contribution in [3.63, 3.8) is 0 Å². The van der Waals surface area contributed by atoms with Gasteiger partial charge in [-0.05, 0) is 34.4 Å². The van der Waals surface area contributed by atoms with Gasteiger partial charge in [-0.1, -0.05) is 0 Å². The van der Waals surface area contributed by atoms with Crippen molar-refractivity contribution >= 4 is 39.4 Å². The topological polar surface area (TPSA) is 80.9 Å². The molecule has 88 valence electrons. The molecular weight excluding hydrogens is 292 g/mol. The van der Waals surface area contributed by atoms with Gasteiger partial charge in [0, 0.05) is 0 Å². The van der Waals surface area contributed by atoms with Crippen LogP contribution < -0.4 is 11.1 Å². The molecule has 0 bridgehead atoms. The molecule has 0 radical (unpaired) electrons. The summed E-state index contributed by atoms with van der Waals surface area (Å²) in [5, 5.41) is 2.61. The van der Waals surface area contributed by atoms with Crippen LogP contribution >= 0.6 is 27.7 Å². The molecule has 0 spiro atoms. The number of carbonyl (C=O) groups is 1. The first-order valence-corrected chi connectivity index (χ1v) is 6.85. The normalized spacial score (nSPS) is 12.2. The van der Waals surface area contributed by atoms with Gasteiger partial charge in [0.15, 0.2) is 5.82 Å². The Balaban J connectivity index is 2.47. The maximum Gasteiger partial charge on any atom is 0.242 e. The fraction of sp³-hybridized carbons (Fsp3) is 0.444. The number of anilines is 1. The lowest BCUT2D eigenvalue weighted by Crippen LogP contribution is -2.36. The number of amides is 1. The molecule has 7 heteroatoms. The SMILES string of the molecule is CSCC[C@@H](N)C(=O)Nc1cnc(Br)cn1. The predicted octanol–water partition coefficient (Wildman–Crippen LogP) is 1.26. The highest BCUT2D eigenvalue weighted by molar-refractivity contribution is 9.10. The molecule has 0 unspecified atom stereocenters. The lowest BCUT2D eigenvalue weighted by molar-refractivity contribution is -0.117. The molecule has 0 aromatic carbocycles. The van der Waals surface area contributed by atoms with E-state index in [2.05, 4.69) is 31.2 Å². The number of aromatic nitrogens is 2. The lowest BCUT2D eigenvalue weighted by atomic mass is 10.2. The van der Waals surface area contributed by atoms with Gasteiger partial charge in [0.05, 0.1) is 18.4 Å². The van der Waals surface area contributed by atoms with E-state index < -0.39 is 6.04 Å². The molecule has 1 amide bonds. The van der Waals surface area contributed by atoms with Crippen LogP contribution in [0.3, 0.4) is 0 Å². The molecule has 1 heterocycles.